The quantitative estimate of drug-likeness (QED) is 0.740. The van der Waals surface area contributed by atoms with Crippen LogP contribution >= 0.6 is 11.3 Å². The largest absolute Gasteiger partial charge is 0.375 e. The molecule has 2 aromatic rings. The molecule has 0 bridgehead atoms. The van der Waals surface area contributed by atoms with E-state index in [0.717, 1.165) is 64.6 Å². The third kappa shape index (κ3) is 5.12. The molecular formula is C21H31N5O2S. The van der Waals surface area contributed by atoms with E-state index in [0.29, 0.717) is 6.54 Å². The van der Waals surface area contributed by atoms with Gasteiger partial charge in [0.2, 0.25) is 0 Å². The summed E-state index contributed by atoms with van der Waals surface area (Å²) in [5, 5.41) is 5.79. The molecule has 0 amide bonds. The second-order valence-corrected chi connectivity index (χ2v) is 10.1. The van der Waals surface area contributed by atoms with Crippen LogP contribution in [0.4, 0.5) is 0 Å². The maximum absolute atomic E-state index is 12.2. The Morgan fingerprint density at radius 1 is 1.10 bits per heavy atom. The molecule has 2 aromatic heterocycles. The predicted molar refractivity (Wildman–Crippen MR) is 114 cm³/mol. The van der Waals surface area contributed by atoms with Gasteiger partial charge in [-0.2, -0.15) is 5.10 Å². The third-order valence-electron chi connectivity index (χ3n) is 5.63. The summed E-state index contributed by atoms with van der Waals surface area (Å²) in [5.41, 5.74) is 2.12. The zero-order valence-corrected chi connectivity index (χ0v) is 18.5. The maximum atomic E-state index is 12.2. The topological polar surface area (TPSA) is 63.5 Å². The molecule has 0 N–H and O–H groups in total. The SMILES string of the molecule is CC(C)(C)c1ccc(=O)n(CCN2CCN(Cc3nc4c(s3)COCC4)CC2)n1. The van der Waals surface area contributed by atoms with E-state index in [-0.39, 0.29) is 11.0 Å². The van der Waals surface area contributed by atoms with Crippen molar-refractivity contribution in [3.63, 3.8) is 0 Å². The van der Waals surface area contributed by atoms with Crippen molar-refractivity contribution < 1.29 is 4.74 Å². The Morgan fingerprint density at radius 2 is 1.86 bits per heavy atom. The minimum absolute atomic E-state index is 0.0200. The van der Waals surface area contributed by atoms with Crippen LogP contribution in [0.2, 0.25) is 0 Å². The molecule has 158 valence electrons. The molecule has 0 spiro atoms. The van der Waals surface area contributed by atoms with Gasteiger partial charge in [0.25, 0.3) is 5.56 Å². The number of thiazole rings is 1. The zero-order valence-electron chi connectivity index (χ0n) is 17.7. The third-order valence-corrected chi connectivity index (χ3v) is 6.68. The van der Waals surface area contributed by atoms with E-state index in [4.69, 9.17) is 9.72 Å². The normalized spacial score (nSPS) is 18.7. The van der Waals surface area contributed by atoms with Crippen LogP contribution in [-0.2, 0) is 36.3 Å². The summed E-state index contributed by atoms with van der Waals surface area (Å²) in [6.45, 7) is 14.4. The van der Waals surface area contributed by atoms with Gasteiger partial charge in [0.05, 0.1) is 42.6 Å². The average molecular weight is 418 g/mol. The number of nitrogens with zero attached hydrogens (tertiary/aromatic N) is 5. The molecule has 4 heterocycles. The number of piperazine rings is 1. The van der Waals surface area contributed by atoms with Gasteiger partial charge in [0, 0.05) is 50.6 Å². The summed E-state index contributed by atoms with van der Waals surface area (Å²) in [5.74, 6) is 0. The van der Waals surface area contributed by atoms with Gasteiger partial charge in [-0.1, -0.05) is 20.8 Å². The van der Waals surface area contributed by atoms with Gasteiger partial charge in [-0.15, -0.1) is 11.3 Å². The second-order valence-electron chi connectivity index (χ2n) is 8.93. The molecule has 0 aliphatic carbocycles. The van der Waals surface area contributed by atoms with Crippen LogP contribution in [0.5, 0.6) is 0 Å². The van der Waals surface area contributed by atoms with Crippen molar-refractivity contribution in [2.75, 3.05) is 39.3 Å². The summed E-state index contributed by atoms with van der Waals surface area (Å²) in [4.78, 5) is 23.2. The summed E-state index contributed by atoms with van der Waals surface area (Å²) in [7, 11) is 0. The van der Waals surface area contributed by atoms with Gasteiger partial charge < -0.3 is 4.74 Å². The van der Waals surface area contributed by atoms with E-state index in [9.17, 15) is 4.79 Å². The van der Waals surface area contributed by atoms with Gasteiger partial charge in [0.1, 0.15) is 5.01 Å². The van der Waals surface area contributed by atoms with Crippen molar-refractivity contribution in [3.8, 4) is 0 Å². The smallest absolute Gasteiger partial charge is 0.266 e. The standard InChI is InChI=1S/C21H31N5O2S/c1-21(2,3)18-4-5-20(27)26(23-18)12-11-24-7-9-25(10-8-24)14-19-22-16-6-13-28-15-17(16)29-19/h4-5H,6-15H2,1-3H3. The maximum Gasteiger partial charge on any atom is 0.266 e. The van der Waals surface area contributed by atoms with Crippen molar-refractivity contribution in [2.45, 2.75) is 52.3 Å². The average Bonchev–Trinajstić information content (AvgIpc) is 3.10. The highest BCUT2D eigenvalue weighted by molar-refractivity contribution is 7.11. The minimum Gasteiger partial charge on any atom is -0.375 e. The molecule has 4 rings (SSSR count). The van der Waals surface area contributed by atoms with Crippen molar-refractivity contribution in [2.24, 2.45) is 0 Å². The summed E-state index contributed by atoms with van der Waals surface area (Å²) in [6, 6.07) is 3.49. The molecule has 0 saturated carbocycles. The summed E-state index contributed by atoms with van der Waals surface area (Å²) < 4.78 is 7.15. The monoisotopic (exact) mass is 417 g/mol. The Balaban J connectivity index is 1.27. The number of ether oxygens (including phenoxy) is 1. The Hall–Kier alpha value is -1.61. The Bertz CT molecular complexity index is 870. The zero-order chi connectivity index (χ0) is 20.4. The van der Waals surface area contributed by atoms with Crippen molar-refractivity contribution in [1.29, 1.82) is 0 Å². The second kappa shape index (κ2) is 8.63. The van der Waals surface area contributed by atoms with Crippen LogP contribution in [0.3, 0.4) is 0 Å². The van der Waals surface area contributed by atoms with Crippen molar-refractivity contribution in [3.05, 3.63) is 43.8 Å². The lowest BCUT2D eigenvalue weighted by Crippen LogP contribution is -2.47. The first-order valence-electron chi connectivity index (χ1n) is 10.5. The molecule has 0 radical (unpaired) electrons. The van der Waals surface area contributed by atoms with E-state index < -0.39 is 0 Å². The van der Waals surface area contributed by atoms with E-state index >= 15 is 0 Å². The fraction of sp³-hybridized carbons (Fsp3) is 0.667. The number of rotatable bonds is 5. The number of aromatic nitrogens is 3. The molecule has 2 aliphatic heterocycles. The molecule has 1 saturated heterocycles. The van der Waals surface area contributed by atoms with E-state index in [2.05, 4.69) is 35.7 Å². The van der Waals surface area contributed by atoms with Crippen LogP contribution in [0, 0.1) is 0 Å². The first-order chi connectivity index (χ1) is 13.9. The molecule has 1 fully saturated rings. The fourth-order valence-corrected chi connectivity index (χ4v) is 4.85. The fourth-order valence-electron chi connectivity index (χ4n) is 3.75. The molecule has 29 heavy (non-hydrogen) atoms. The number of hydrogen-bond acceptors (Lipinski definition) is 7. The van der Waals surface area contributed by atoms with Gasteiger partial charge in [-0.25, -0.2) is 9.67 Å². The first-order valence-corrected chi connectivity index (χ1v) is 11.3. The predicted octanol–water partition coefficient (Wildman–Crippen LogP) is 1.89. The van der Waals surface area contributed by atoms with E-state index in [1.807, 2.05) is 6.07 Å². The number of hydrogen-bond donors (Lipinski definition) is 0. The van der Waals surface area contributed by atoms with Gasteiger partial charge in [0.15, 0.2) is 0 Å². The van der Waals surface area contributed by atoms with Crippen LogP contribution < -0.4 is 5.56 Å². The highest BCUT2D eigenvalue weighted by atomic mass is 32.1. The highest BCUT2D eigenvalue weighted by Gasteiger charge is 2.21. The van der Waals surface area contributed by atoms with Crippen LogP contribution in [0.1, 0.15) is 42.0 Å². The molecule has 8 heteroatoms. The van der Waals surface area contributed by atoms with Crippen molar-refractivity contribution in [1.82, 2.24) is 24.6 Å². The van der Waals surface area contributed by atoms with Gasteiger partial charge in [-0.3, -0.25) is 14.6 Å². The van der Waals surface area contributed by atoms with E-state index in [1.165, 1.54) is 15.6 Å². The minimum atomic E-state index is -0.0533. The van der Waals surface area contributed by atoms with Crippen molar-refractivity contribution >= 4 is 11.3 Å². The summed E-state index contributed by atoms with van der Waals surface area (Å²) in [6.07, 6.45) is 0.948. The molecular weight excluding hydrogens is 386 g/mol. The lowest BCUT2D eigenvalue weighted by atomic mass is 9.92. The lowest BCUT2D eigenvalue weighted by molar-refractivity contribution is 0.112. The van der Waals surface area contributed by atoms with Crippen LogP contribution in [0.25, 0.3) is 0 Å². The lowest BCUT2D eigenvalue weighted by Gasteiger charge is -2.34. The number of fused-ring (bicyclic) bond motifs is 1. The molecule has 0 aromatic carbocycles. The Kier molecular flexibility index (Phi) is 6.15. The Labute approximate surface area is 176 Å². The molecule has 0 atom stereocenters. The summed E-state index contributed by atoms with van der Waals surface area (Å²) >= 11 is 1.80. The molecule has 2 aliphatic rings. The molecule has 0 unspecified atom stereocenters. The first kappa shape index (κ1) is 20.7. The Morgan fingerprint density at radius 3 is 2.59 bits per heavy atom. The van der Waals surface area contributed by atoms with Crippen LogP contribution in [0.15, 0.2) is 16.9 Å². The highest BCUT2D eigenvalue weighted by Crippen LogP contribution is 2.24. The van der Waals surface area contributed by atoms with Gasteiger partial charge in [-0.05, 0) is 6.07 Å². The van der Waals surface area contributed by atoms with Gasteiger partial charge >= 0.3 is 0 Å². The van der Waals surface area contributed by atoms with E-state index in [1.54, 1.807) is 22.1 Å². The van der Waals surface area contributed by atoms with Crippen LogP contribution in [-0.4, -0.2) is 63.9 Å². The molecule has 7 nitrogen and oxygen atoms in total.